The SMILES string of the molecule is FC(F)(F)c1c[c-]n(-c2cccc(N(c3ccccc3)c3cccc(-n4[c-]cc(C(F)(F)F)n4)n3)n2)n1.[Pt+2]. The maximum atomic E-state index is 13.0. The van der Waals surface area contributed by atoms with Gasteiger partial charge in [-0.3, -0.25) is 25.1 Å². The van der Waals surface area contributed by atoms with E-state index in [1.807, 2.05) is 0 Å². The summed E-state index contributed by atoms with van der Waals surface area (Å²) in [6.07, 6.45) is -4.49. The number of rotatable bonds is 5. The molecule has 0 saturated carbocycles. The fraction of sp³-hybridized carbons (Fsp3) is 0.0833. The Kier molecular flexibility index (Phi) is 7.41. The summed E-state index contributed by atoms with van der Waals surface area (Å²) in [7, 11) is 0. The number of hydrogen-bond acceptors (Lipinski definition) is 5. The van der Waals surface area contributed by atoms with Crippen LogP contribution < -0.4 is 4.90 Å². The molecule has 0 radical (unpaired) electrons. The summed E-state index contributed by atoms with van der Waals surface area (Å²) in [6.45, 7) is 0. The second-order valence-electron chi connectivity index (χ2n) is 7.52. The Hall–Kier alpha value is -3.99. The summed E-state index contributed by atoms with van der Waals surface area (Å²) < 4.78 is 79.8. The van der Waals surface area contributed by atoms with Gasteiger partial charge in [0.05, 0.1) is 23.0 Å². The Morgan fingerprint density at radius 2 is 1.05 bits per heavy atom. The van der Waals surface area contributed by atoms with E-state index in [0.717, 1.165) is 9.36 Å². The zero-order chi connectivity index (χ0) is 26.2. The van der Waals surface area contributed by atoms with Gasteiger partial charge in [-0.15, -0.1) is 12.1 Å². The van der Waals surface area contributed by atoms with Crippen molar-refractivity contribution < 1.29 is 47.4 Å². The van der Waals surface area contributed by atoms with E-state index in [-0.39, 0.29) is 44.3 Å². The van der Waals surface area contributed by atoms with Gasteiger partial charge in [-0.2, -0.15) is 26.3 Å². The topological polar surface area (TPSA) is 64.7 Å². The molecule has 0 unspecified atom stereocenters. The van der Waals surface area contributed by atoms with Crippen LogP contribution >= 0.6 is 0 Å². The molecule has 0 fully saturated rings. The molecule has 1 aromatic carbocycles. The van der Waals surface area contributed by atoms with Gasteiger partial charge in [0.2, 0.25) is 0 Å². The molecule has 4 aromatic heterocycles. The number of halogens is 6. The van der Waals surface area contributed by atoms with E-state index in [1.165, 1.54) is 12.1 Å². The minimum atomic E-state index is -4.64. The van der Waals surface area contributed by atoms with Crippen LogP contribution in [0.2, 0.25) is 0 Å². The van der Waals surface area contributed by atoms with Gasteiger partial charge in [0, 0.05) is 5.69 Å². The molecule has 38 heavy (non-hydrogen) atoms. The second kappa shape index (κ2) is 10.4. The van der Waals surface area contributed by atoms with Crippen molar-refractivity contribution in [3.63, 3.8) is 0 Å². The normalized spacial score (nSPS) is 11.7. The number of benzene rings is 1. The van der Waals surface area contributed by atoms with Gasteiger partial charge in [-0.1, -0.05) is 54.9 Å². The fourth-order valence-electron chi connectivity index (χ4n) is 3.36. The standard InChI is InChI=1S/C24H13F6N7.Pt/c25-23(26,27)17-12-14-35(33-17)19-8-4-10-21(31-19)37(16-6-2-1-3-7-16)22-11-5-9-20(32-22)36-15-13-18(34-36)24(28,29)30;/h1-13H;/q-2;+2. The summed E-state index contributed by atoms with van der Waals surface area (Å²) in [6, 6.07) is 19.4. The third-order valence-corrected chi connectivity index (χ3v) is 4.99. The smallest absolute Gasteiger partial charge is 0.343 e. The van der Waals surface area contributed by atoms with Crippen molar-refractivity contribution in [1.29, 1.82) is 0 Å². The minimum Gasteiger partial charge on any atom is -0.343 e. The molecular formula is C24H13F6N7Pt. The van der Waals surface area contributed by atoms with E-state index >= 15 is 0 Å². The second-order valence-corrected chi connectivity index (χ2v) is 7.52. The first-order valence-electron chi connectivity index (χ1n) is 10.5. The number of aromatic nitrogens is 6. The monoisotopic (exact) mass is 708 g/mol. The first kappa shape index (κ1) is 27.1. The third-order valence-electron chi connectivity index (χ3n) is 4.99. The summed E-state index contributed by atoms with van der Waals surface area (Å²) in [4.78, 5) is 10.5. The van der Waals surface area contributed by atoms with Crippen molar-refractivity contribution in [3.05, 3.63) is 103 Å². The van der Waals surface area contributed by atoms with Crippen LogP contribution in [0.25, 0.3) is 11.6 Å². The van der Waals surface area contributed by atoms with Crippen LogP contribution in [-0.2, 0) is 33.4 Å². The van der Waals surface area contributed by atoms with Gasteiger partial charge in [0.1, 0.15) is 11.6 Å². The van der Waals surface area contributed by atoms with Crippen LogP contribution in [0.15, 0.2) is 78.9 Å². The molecule has 5 aromatic rings. The number of hydrogen-bond donors (Lipinski definition) is 0. The summed E-state index contributed by atoms with van der Waals surface area (Å²) in [5.41, 5.74) is -1.66. The Labute approximate surface area is 225 Å². The van der Waals surface area contributed by atoms with E-state index in [0.29, 0.717) is 17.8 Å². The fourth-order valence-corrected chi connectivity index (χ4v) is 3.36. The first-order valence-corrected chi connectivity index (χ1v) is 10.5. The maximum absolute atomic E-state index is 13.0. The van der Waals surface area contributed by atoms with Crippen LogP contribution in [0, 0.1) is 12.4 Å². The summed E-state index contributed by atoms with van der Waals surface area (Å²) >= 11 is 0. The number of para-hydroxylation sites is 1. The van der Waals surface area contributed by atoms with Crippen LogP contribution in [-0.4, -0.2) is 29.5 Å². The average molecular weight is 708 g/mol. The maximum Gasteiger partial charge on any atom is 2.00 e. The van der Waals surface area contributed by atoms with Crippen molar-refractivity contribution in [2.24, 2.45) is 0 Å². The quantitative estimate of drug-likeness (QED) is 0.167. The average Bonchev–Trinajstić information content (AvgIpc) is 3.56. The molecule has 5 rings (SSSR count). The molecule has 0 saturated heterocycles. The Morgan fingerprint density at radius 3 is 1.45 bits per heavy atom. The molecule has 0 spiro atoms. The summed E-state index contributed by atoms with van der Waals surface area (Å²) in [5.74, 6) is 0.623. The van der Waals surface area contributed by atoms with Crippen molar-refractivity contribution >= 4 is 17.3 Å². The van der Waals surface area contributed by atoms with Gasteiger partial charge >= 0.3 is 33.4 Å². The Balaban J connectivity index is 0.00000336. The van der Waals surface area contributed by atoms with E-state index in [2.05, 4.69) is 32.6 Å². The van der Waals surface area contributed by atoms with E-state index in [1.54, 1.807) is 59.5 Å². The number of anilines is 3. The van der Waals surface area contributed by atoms with Gasteiger partial charge in [0.15, 0.2) is 0 Å². The number of nitrogens with zero attached hydrogens (tertiary/aromatic N) is 7. The Morgan fingerprint density at radius 1 is 0.605 bits per heavy atom. The molecule has 4 heterocycles. The van der Waals surface area contributed by atoms with Crippen LogP contribution in [0.3, 0.4) is 0 Å². The van der Waals surface area contributed by atoms with Crippen LogP contribution in [0.5, 0.6) is 0 Å². The van der Waals surface area contributed by atoms with Crippen molar-refractivity contribution in [3.8, 4) is 11.6 Å². The molecule has 14 heteroatoms. The molecule has 0 aliphatic heterocycles. The van der Waals surface area contributed by atoms with E-state index in [9.17, 15) is 26.3 Å². The van der Waals surface area contributed by atoms with E-state index < -0.39 is 23.7 Å². The molecular weight excluding hydrogens is 695 g/mol. The molecule has 0 amide bonds. The van der Waals surface area contributed by atoms with Gasteiger partial charge < -0.3 is 9.36 Å². The van der Waals surface area contributed by atoms with Crippen molar-refractivity contribution in [1.82, 2.24) is 29.5 Å². The molecule has 0 N–H and O–H groups in total. The third kappa shape index (κ3) is 5.62. The van der Waals surface area contributed by atoms with Crippen LogP contribution in [0.4, 0.5) is 43.7 Å². The van der Waals surface area contributed by atoms with Gasteiger partial charge in [0.25, 0.3) is 0 Å². The predicted molar refractivity (Wildman–Crippen MR) is 119 cm³/mol. The zero-order valence-electron chi connectivity index (χ0n) is 18.7. The van der Waals surface area contributed by atoms with Gasteiger partial charge in [-0.05, 0) is 24.3 Å². The minimum absolute atomic E-state index is 0. The number of pyridine rings is 2. The summed E-state index contributed by atoms with van der Waals surface area (Å²) in [5, 5.41) is 7.01. The predicted octanol–water partition coefficient (Wildman–Crippen LogP) is 5.95. The first-order chi connectivity index (χ1) is 17.6. The molecule has 0 atom stereocenters. The van der Waals surface area contributed by atoms with Gasteiger partial charge in [-0.25, -0.2) is 0 Å². The largest absolute Gasteiger partial charge is 2.00 e. The van der Waals surface area contributed by atoms with Crippen molar-refractivity contribution in [2.45, 2.75) is 12.4 Å². The molecule has 196 valence electrons. The van der Waals surface area contributed by atoms with Crippen molar-refractivity contribution in [2.75, 3.05) is 4.90 Å². The Bertz CT molecular complexity index is 1430. The molecule has 0 bridgehead atoms. The zero-order valence-corrected chi connectivity index (χ0v) is 21.0. The number of alkyl halides is 6. The van der Waals surface area contributed by atoms with Crippen LogP contribution in [0.1, 0.15) is 11.4 Å². The van der Waals surface area contributed by atoms with E-state index in [4.69, 9.17) is 0 Å². The molecule has 0 aliphatic carbocycles. The molecule has 7 nitrogen and oxygen atoms in total. The molecule has 0 aliphatic rings.